The maximum absolute atomic E-state index is 12.8. The van der Waals surface area contributed by atoms with Gasteiger partial charge in [0, 0.05) is 11.9 Å². The van der Waals surface area contributed by atoms with Crippen molar-refractivity contribution in [3.05, 3.63) is 36.4 Å². The fourth-order valence-electron chi connectivity index (χ4n) is 3.09. The minimum absolute atomic E-state index is 0.119. The molecule has 0 saturated carbocycles. The first-order chi connectivity index (χ1) is 11.7. The second-order valence-corrected chi connectivity index (χ2v) is 9.34. The number of rotatable bonds is 7. The van der Waals surface area contributed by atoms with Crippen molar-refractivity contribution in [1.29, 1.82) is 0 Å². The van der Waals surface area contributed by atoms with Crippen LogP contribution in [0, 0.1) is 0 Å². The number of carbonyl (C=O) groups is 1. The third-order valence-electron chi connectivity index (χ3n) is 4.35. The second kappa shape index (κ2) is 6.67. The molecule has 1 N–H and O–H groups in total. The fourth-order valence-corrected chi connectivity index (χ4v) is 5.10. The Labute approximate surface area is 156 Å². The van der Waals surface area contributed by atoms with Gasteiger partial charge in [-0.3, -0.25) is 4.31 Å². The summed E-state index contributed by atoms with van der Waals surface area (Å²) in [5.74, 6) is -1.26. The molecule has 2 aromatic rings. The zero-order chi connectivity index (χ0) is 18.2. The number of carboxylic acids is 1. The van der Waals surface area contributed by atoms with Gasteiger partial charge in [0.25, 0.3) is 10.0 Å². The molecule has 0 saturated heterocycles. The van der Waals surface area contributed by atoms with E-state index in [4.69, 9.17) is 28.3 Å². The molecule has 3 rings (SSSR count). The van der Waals surface area contributed by atoms with E-state index in [0.29, 0.717) is 36.4 Å². The van der Waals surface area contributed by atoms with Gasteiger partial charge in [-0.1, -0.05) is 53.9 Å². The summed E-state index contributed by atoms with van der Waals surface area (Å²) >= 11 is 11.4. The van der Waals surface area contributed by atoms with Crippen LogP contribution >= 0.6 is 23.2 Å². The van der Waals surface area contributed by atoms with Gasteiger partial charge in [0.1, 0.15) is 0 Å². The third kappa shape index (κ3) is 3.30. The number of unbranched alkanes of at least 4 members (excludes halogenated alkanes) is 2. The number of sulfonamides is 1. The monoisotopic (exact) mass is 401 g/mol. The van der Waals surface area contributed by atoms with Crippen LogP contribution in [0.5, 0.6) is 0 Å². The Balaban J connectivity index is 1.69. The minimum atomic E-state index is -3.54. The molecule has 5 nitrogen and oxygen atoms in total. The van der Waals surface area contributed by atoms with Gasteiger partial charge in [-0.2, -0.15) is 0 Å². The molecule has 0 aromatic heterocycles. The average molecular weight is 402 g/mol. The molecule has 1 heterocycles. The number of halogens is 2. The van der Waals surface area contributed by atoms with Crippen molar-refractivity contribution in [3.8, 4) is 0 Å². The summed E-state index contributed by atoms with van der Waals surface area (Å²) in [4.78, 5) is 11.2. The predicted octanol–water partition coefficient (Wildman–Crippen LogP) is 4.17. The summed E-state index contributed by atoms with van der Waals surface area (Å²) in [6.45, 7) is 0.334. The van der Waals surface area contributed by atoms with Crippen LogP contribution in [-0.4, -0.2) is 30.4 Å². The highest BCUT2D eigenvalue weighted by Crippen LogP contribution is 2.42. The molecule has 2 aromatic carbocycles. The van der Waals surface area contributed by atoms with Gasteiger partial charge in [0.15, 0.2) is 0 Å². The van der Waals surface area contributed by atoms with Gasteiger partial charge in [0.05, 0.1) is 10.6 Å². The third-order valence-corrected chi connectivity index (χ3v) is 6.90. The number of nitrogens with zero attached hydrogens (tertiary/aromatic N) is 1. The fraction of sp³-hybridized carbons (Fsp3) is 0.353. The molecule has 1 aliphatic heterocycles. The highest BCUT2D eigenvalue weighted by atomic mass is 35.5. The average Bonchev–Trinajstić information content (AvgIpc) is 2.77. The van der Waals surface area contributed by atoms with Crippen LogP contribution in [0.3, 0.4) is 0 Å². The van der Waals surface area contributed by atoms with Crippen LogP contribution in [0.4, 0.5) is 5.69 Å². The largest absolute Gasteiger partial charge is 0.479 e. The SMILES string of the molecule is O=C(O)C(Cl)(Cl)CCCCCN1c2cccc3cccc(c23)S1(=O)=O. The lowest BCUT2D eigenvalue weighted by Gasteiger charge is -2.19. The van der Waals surface area contributed by atoms with Crippen LogP contribution < -0.4 is 4.31 Å². The zero-order valence-electron chi connectivity index (χ0n) is 13.3. The Kier molecular flexibility index (Phi) is 4.88. The number of alkyl halides is 2. The lowest BCUT2D eigenvalue weighted by molar-refractivity contribution is -0.138. The van der Waals surface area contributed by atoms with Crippen molar-refractivity contribution in [2.24, 2.45) is 0 Å². The van der Waals surface area contributed by atoms with Gasteiger partial charge < -0.3 is 5.11 Å². The first kappa shape index (κ1) is 18.3. The summed E-state index contributed by atoms with van der Waals surface area (Å²) in [6.07, 6.45) is 1.85. The normalized spacial score (nSPS) is 15.7. The van der Waals surface area contributed by atoms with Gasteiger partial charge in [0.2, 0.25) is 4.33 Å². The minimum Gasteiger partial charge on any atom is -0.479 e. The lowest BCUT2D eigenvalue weighted by atomic mass is 10.1. The van der Waals surface area contributed by atoms with E-state index in [1.54, 1.807) is 12.1 Å². The van der Waals surface area contributed by atoms with E-state index in [-0.39, 0.29) is 6.42 Å². The first-order valence-electron chi connectivity index (χ1n) is 7.91. The molecule has 8 heteroatoms. The van der Waals surface area contributed by atoms with E-state index in [1.165, 1.54) is 4.31 Å². The molecular formula is C17H17Cl2NO4S. The zero-order valence-corrected chi connectivity index (χ0v) is 15.6. The highest BCUT2D eigenvalue weighted by Gasteiger charge is 2.35. The first-order valence-corrected chi connectivity index (χ1v) is 10.1. The number of anilines is 1. The van der Waals surface area contributed by atoms with Crippen molar-refractivity contribution in [2.45, 2.75) is 34.9 Å². The maximum Gasteiger partial charge on any atom is 0.340 e. The van der Waals surface area contributed by atoms with Crippen molar-refractivity contribution in [1.82, 2.24) is 0 Å². The topological polar surface area (TPSA) is 74.7 Å². The molecule has 0 amide bonds. The Morgan fingerprint density at radius 2 is 1.76 bits per heavy atom. The number of hydrogen-bond donors (Lipinski definition) is 1. The second-order valence-electron chi connectivity index (χ2n) is 6.03. The van der Waals surface area contributed by atoms with Crippen LogP contribution in [0.15, 0.2) is 41.3 Å². The van der Waals surface area contributed by atoms with E-state index < -0.39 is 20.3 Å². The molecule has 134 valence electrons. The molecule has 0 aliphatic carbocycles. The summed E-state index contributed by atoms with van der Waals surface area (Å²) in [6, 6.07) is 10.8. The molecule has 1 aliphatic rings. The van der Waals surface area contributed by atoms with E-state index >= 15 is 0 Å². The summed E-state index contributed by atoms with van der Waals surface area (Å²) in [7, 11) is -3.54. The van der Waals surface area contributed by atoms with E-state index in [0.717, 1.165) is 10.8 Å². The van der Waals surface area contributed by atoms with E-state index in [1.807, 2.05) is 24.3 Å². The number of hydrogen-bond acceptors (Lipinski definition) is 3. The van der Waals surface area contributed by atoms with Crippen molar-refractivity contribution >= 4 is 55.7 Å². The van der Waals surface area contributed by atoms with E-state index in [2.05, 4.69) is 0 Å². The summed E-state index contributed by atoms with van der Waals surface area (Å²) in [5, 5.41) is 10.5. The number of aliphatic carboxylic acids is 1. The lowest BCUT2D eigenvalue weighted by Crippen LogP contribution is -2.28. The number of carboxylic acid groups (broad SMARTS) is 1. The van der Waals surface area contributed by atoms with Crippen LogP contribution in [-0.2, 0) is 14.8 Å². The van der Waals surface area contributed by atoms with Gasteiger partial charge >= 0.3 is 5.97 Å². The maximum atomic E-state index is 12.8. The molecule has 0 atom stereocenters. The molecular weight excluding hydrogens is 385 g/mol. The van der Waals surface area contributed by atoms with Crippen molar-refractivity contribution in [2.75, 3.05) is 10.8 Å². The van der Waals surface area contributed by atoms with Crippen molar-refractivity contribution < 1.29 is 18.3 Å². The summed E-state index contributed by atoms with van der Waals surface area (Å²) < 4.78 is 25.2. The molecule has 25 heavy (non-hydrogen) atoms. The summed E-state index contributed by atoms with van der Waals surface area (Å²) in [5.41, 5.74) is 0.697. The van der Waals surface area contributed by atoms with Crippen LogP contribution in [0.2, 0.25) is 0 Å². The smallest absolute Gasteiger partial charge is 0.340 e. The Morgan fingerprint density at radius 1 is 1.08 bits per heavy atom. The predicted molar refractivity (Wildman–Crippen MR) is 99.0 cm³/mol. The quantitative estimate of drug-likeness (QED) is 0.557. The Hall–Kier alpha value is -1.50. The Morgan fingerprint density at radius 3 is 2.44 bits per heavy atom. The molecule has 0 radical (unpaired) electrons. The van der Waals surface area contributed by atoms with Crippen LogP contribution in [0.25, 0.3) is 10.8 Å². The van der Waals surface area contributed by atoms with Crippen molar-refractivity contribution in [3.63, 3.8) is 0 Å². The molecule has 0 fully saturated rings. The van der Waals surface area contributed by atoms with Gasteiger partial charge in [-0.15, -0.1) is 0 Å². The standard InChI is InChI=1S/C17H17Cl2NO4S/c18-17(19,16(21)22)10-2-1-3-11-20-13-8-4-6-12-7-5-9-14(15(12)13)25(20,23)24/h4-9H,1-3,10-11H2,(H,21,22). The molecule has 0 unspecified atom stereocenters. The number of benzene rings is 2. The highest BCUT2D eigenvalue weighted by molar-refractivity contribution is 7.93. The Bertz CT molecular complexity index is 922. The van der Waals surface area contributed by atoms with E-state index in [9.17, 15) is 13.2 Å². The van der Waals surface area contributed by atoms with Gasteiger partial charge in [-0.05, 0) is 36.8 Å². The molecule has 0 bridgehead atoms. The van der Waals surface area contributed by atoms with Gasteiger partial charge in [-0.25, -0.2) is 13.2 Å². The molecule has 0 spiro atoms. The van der Waals surface area contributed by atoms with Crippen LogP contribution in [0.1, 0.15) is 25.7 Å².